The fourth-order valence-corrected chi connectivity index (χ4v) is 1.91. The van der Waals surface area contributed by atoms with Crippen LogP contribution in [0.15, 0.2) is 40.8 Å². The summed E-state index contributed by atoms with van der Waals surface area (Å²) in [6, 6.07) is 11.9. The molecule has 0 saturated carbocycles. The van der Waals surface area contributed by atoms with Crippen molar-refractivity contribution in [2.75, 3.05) is 12.4 Å². The number of hydrogen-bond donors (Lipinski definition) is 2. The van der Waals surface area contributed by atoms with Gasteiger partial charge in [-0.1, -0.05) is 19.1 Å². The smallest absolute Gasteiger partial charge is 0.224 e. The van der Waals surface area contributed by atoms with Crippen molar-refractivity contribution in [2.24, 2.45) is 0 Å². The van der Waals surface area contributed by atoms with Crippen LogP contribution in [0.1, 0.15) is 24.0 Å². The summed E-state index contributed by atoms with van der Waals surface area (Å²) >= 11 is 0. The summed E-state index contributed by atoms with van der Waals surface area (Å²) in [5.74, 6) is 1.95. The van der Waals surface area contributed by atoms with E-state index in [-0.39, 0.29) is 5.91 Å². The molecule has 0 aliphatic heterocycles. The number of likely N-dealkylation sites (N-methyl/N-ethyl adjacent to an activating group) is 1. The molecule has 0 atom stereocenters. The number of anilines is 1. The maximum Gasteiger partial charge on any atom is 0.224 e. The van der Waals surface area contributed by atoms with Crippen molar-refractivity contribution in [1.82, 2.24) is 5.32 Å². The maximum absolute atomic E-state index is 11.3. The van der Waals surface area contributed by atoms with Crippen molar-refractivity contribution < 1.29 is 9.21 Å². The van der Waals surface area contributed by atoms with Gasteiger partial charge in [0.1, 0.15) is 11.5 Å². The van der Waals surface area contributed by atoms with Crippen molar-refractivity contribution in [3.05, 3.63) is 53.5 Å². The van der Waals surface area contributed by atoms with Gasteiger partial charge in [0.15, 0.2) is 0 Å². The van der Waals surface area contributed by atoms with Crippen LogP contribution >= 0.6 is 0 Å². The molecular weight excluding hydrogens is 252 g/mol. The lowest BCUT2D eigenvalue weighted by Gasteiger charge is -2.06. The summed E-state index contributed by atoms with van der Waals surface area (Å²) in [6.07, 6.45) is 1.32. The molecule has 0 spiro atoms. The van der Waals surface area contributed by atoms with E-state index in [2.05, 4.69) is 17.6 Å². The molecule has 0 aliphatic rings. The van der Waals surface area contributed by atoms with Crippen LogP contribution in [-0.2, 0) is 24.2 Å². The lowest BCUT2D eigenvalue weighted by molar-refractivity contribution is -0.119. The van der Waals surface area contributed by atoms with Crippen LogP contribution in [0.25, 0.3) is 0 Å². The number of benzene rings is 1. The topological polar surface area (TPSA) is 54.3 Å². The standard InChI is InChI=1S/C16H20N2O2/c1-3-14-8-9-15(20-14)11-18-13-6-4-12(5-7-13)10-16(19)17-2/h4-9,18H,3,10-11H2,1-2H3,(H,17,19). The van der Waals surface area contributed by atoms with E-state index >= 15 is 0 Å². The van der Waals surface area contributed by atoms with Gasteiger partial charge in [0.05, 0.1) is 13.0 Å². The normalized spacial score (nSPS) is 10.3. The molecule has 2 rings (SSSR count). The van der Waals surface area contributed by atoms with Crippen LogP contribution in [0.4, 0.5) is 5.69 Å². The summed E-state index contributed by atoms with van der Waals surface area (Å²) in [7, 11) is 1.65. The Hall–Kier alpha value is -2.23. The lowest BCUT2D eigenvalue weighted by Crippen LogP contribution is -2.19. The number of furan rings is 1. The summed E-state index contributed by atoms with van der Waals surface area (Å²) in [6.45, 7) is 2.73. The van der Waals surface area contributed by atoms with Gasteiger partial charge in [0, 0.05) is 19.2 Å². The van der Waals surface area contributed by atoms with Gasteiger partial charge >= 0.3 is 0 Å². The van der Waals surface area contributed by atoms with E-state index in [0.717, 1.165) is 29.2 Å². The Morgan fingerprint density at radius 2 is 1.80 bits per heavy atom. The van der Waals surface area contributed by atoms with Crippen molar-refractivity contribution in [2.45, 2.75) is 26.3 Å². The fourth-order valence-electron chi connectivity index (χ4n) is 1.91. The van der Waals surface area contributed by atoms with E-state index in [9.17, 15) is 4.79 Å². The molecule has 4 nitrogen and oxygen atoms in total. The zero-order chi connectivity index (χ0) is 14.4. The van der Waals surface area contributed by atoms with Gasteiger partial charge in [-0.2, -0.15) is 0 Å². The Balaban J connectivity index is 1.88. The zero-order valence-electron chi connectivity index (χ0n) is 11.9. The first-order valence-corrected chi connectivity index (χ1v) is 6.82. The quantitative estimate of drug-likeness (QED) is 0.850. The molecule has 1 heterocycles. The zero-order valence-corrected chi connectivity index (χ0v) is 11.9. The lowest BCUT2D eigenvalue weighted by atomic mass is 10.1. The third-order valence-electron chi connectivity index (χ3n) is 3.13. The third-order valence-corrected chi connectivity index (χ3v) is 3.13. The molecule has 4 heteroatoms. The maximum atomic E-state index is 11.3. The highest BCUT2D eigenvalue weighted by Gasteiger charge is 2.02. The minimum atomic E-state index is 0.0217. The van der Waals surface area contributed by atoms with E-state index in [1.54, 1.807) is 7.05 Å². The van der Waals surface area contributed by atoms with Crippen LogP contribution in [-0.4, -0.2) is 13.0 Å². The highest BCUT2D eigenvalue weighted by Crippen LogP contribution is 2.13. The number of aryl methyl sites for hydroxylation is 1. The summed E-state index contributed by atoms with van der Waals surface area (Å²) < 4.78 is 5.63. The van der Waals surface area contributed by atoms with Crippen LogP contribution in [0, 0.1) is 0 Å². The predicted molar refractivity (Wildman–Crippen MR) is 79.6 cm³/mol. The number of carbonyl (C=O) groups excluding carboxylic acids is 1. The van der Waals surface area contributed by atoms with Gasteiger partial charge in [-0.3, -0.25) is 4.79 Å². The summed E-state index contributed by atoms with van der Waals surface area (Å²) in [5.41, 5.74) is 2.02. The molecule has 2 aromatic rings. The second kappa shape index (κ2) is 6.80. The Morgan fingerprint density at radius 1 is 1.10 bits per heavy atom. The monoisotopic (exact) mass is 272 g/mol. The molecule has 0 saturated heterocycles. The number of nitrogens with one attached hydrogen (secondary N) is 2. The van der Waals surface area contributed by atoms with Crippen molar-refractivity contribution in [3.63, 3.8) is 0 Å². The van der Waals surface area contributed by atoms with Gasteiger partial charge < -0.3 is 15.1 Å². The van der Waals surface area contributed by atoms with Crippen molar-refractivity contribution in [3.8, 4) is 0 Å². The Labute approximate surface area is 119 Å². The second-order valence-electron chi connectivity index (χ2n) is 4.62. The highest BCUT2D eigenvalue weighted by molar-refractivity contribution is 5.78. The van der Waals surface area contributed by atoms with Crippen LogP contribution in [0.2, 0.25) is 0 Å². The molecule has 1 amide bonds. The first-order valence-electron chi connectivity index (χ1n) is 6.82. The number of rotatable bonds is 6. The molecule has 1 aromatic heterocycles. The SMILES string of the molecule is CCc1ccc(CNc2ccc(CC(=O)NC)cc2)o1. The Kier molecular flexibility index (Phi) is 4.82. The van der Waals surface area contributed by atoms with Crippen molar-refractivity contribution >= 4 is 11.6 Å². The average Bonchev–Trinajstić information content (AvgIpc) is 2.94. The molecular formula is C16H20N2O2. The Bertz CT molecular complexity index is 558. The highest BCUT2D eigenvalue weighted by atomic mass is 16.3. The average molecular weight is 272 g/mol. The molecule has 0 radical (unpaired) electrons. The van der Waals surface area contributed by atoms with E-state index in [0.29, 0.717) is 13.0 Å². The second-order valence-corrected chi connectivity index (χ2v) is 4.62. The van der Waals surface area contributed by atoms with Gasteiger partial charge in [-0.25, -0.2) is 0 Å². The van der Waals surface area contributed by atoms with Gasteiger partial charge in [-0.15, -0.1) is 0 Å². The summed E-state index contributed by atoms with van der Waals surface area (Å²) in [4.78, 5) is 11.3. The Morgan fingerprint density at radius 3 is 2.40 bits per heavy atom. The molecule has 20 heavy (non-hydrogen) atoms. The summed E-state index contributed by atoms with van der Waals surface area (Å²) in [5, 5.41) is 5.91. The largest absolute Gasteiger partial charge is 0.464 e. The van der Waals surface area contributed by atoms with Crippen LogP contribution in [0.5, 0.6) is 0 Å². The van der Waals surface area contributed by atoms with E-state index in [1.165, 1.54) is 0 Å². The van der Waals surface area contributed by atoms with E-state index in [1.807, 2.05) is 36.4 Å². The molecule has 106 valence electrons. The van der Waals surface area contributed by atoms with E-state index < -0.39 is 0 Å². The minimum absolute atomic E-state index is 0.0217. The fraction of sp³-hybridized carbons (Fsp3) is 0.312. The minimum Gasteiger partial charge on any atom is -0.464 e. The molecule has 0 bridgehead atoms. The number of hydrogen-bond acceptors (Lipinski definition) is 3. The molecule has 2 N–H and O–H groups in total. The molecule has 0 unspecified atom stereocenters. The molecule has 1 aromatic carbocycles. The first kappa shape index (κ1) is 14.2. The van der Waals surface area contributed by atoms with E-state index in [4.69, 9.17) is 4.42 Å². The van der Waals surface area contributed by atoms with Crippen molar-refractivity contribution in [1.29, 1.82) is 0 Å². The van der Waals surface area contributed by atoms with Crippen LogP contribution < -0.4 is 10.6 Å². The van der Waals surface area contributed by atoms with Gasteiger partial charge in [-0.05, 0) is 29.8 Å². The number of carbonyl (C=O) groups is 1. The van der Waals surface area contributed by atoms with Gasteiger partial charge in [0.25, 0.3) is 0 Å². The molecule has 0 aliphatic carbocycles. The first-order chi connectivity index (χ1) is 9.71. The van der Waals surface area contributed by atoms with Gasteiger partial charge in [0.2, 0.25) is 5.91 Å². The number of amides is 1. The molecule has 0 fully saturated rings. The third kappa shape index (κ3) is 3.88. The van der Waals surface area contributed by atoms with Crippen LogP contribution in [0.3, 0.4) is 0 Å². The predicted octanol–water partition coefficient (Wildman–Crippen LogP) is 2.74.